The van der Waals surface area contributed by atoms with Crippen LogP contribution in [0.3, 0.4) is 0 Å². The Labute approximate surface area is 127 Å². The van der Waals surface area contributed by atoms with Crippen molar-refractivity contribution in [3.05, 3.63) is 35.7 Å². The van der Waals surface area contributed by atoms with Crippen molar-refractivity contribution < 1.29 is 14.6 Å². The molecule has 0 aliphatic heterocycles. The number of methoxy groups -OCH3 is 1. The number of ether oxygens (including phenoxy) is 1. The van der Waals surface area contributed by atoms with Crippen LogP contribution in [0, 0.1) is 6.92 Å². The highest BCUT2D eigenvalue weighted by Crippen LogP contribution is 2.37. The fraction of sp³-hybridized carbons (Fsp3) is 0.250. The molecule has 2 aromatic heterocycles. The molecule has 0 aliphatic carbocycles. The second kappa shape index (κ2) is 4.91. The molecule has 0 saturated carbocycles. The molecule has 2 heterocycles. The van der Waals surface area contributed by atoms with Gasteiger partial charge in [0.25, 0.3) is 0 Å². The highest BCUT2D eigenvalue weighted by molar-refractivity contribution is 6.03. The molecule has 0 saturated heterocycles. The topological polar surface area (TPSA) is 69.3 Å². The molecule has 0 unspecified atom stereocenters. The first kappa shape index (κ1) is 14.2. The third-order valence-electron chi connectivity index (χ3n) is 4.11. The Morgan fingerprint density at radius 3 is 2.68 bits per heavy atom. The van der Waals surface area contributed by atoms with Crippen LogP contribution in [0.15, 0.2) is 24.4 Å². The van der Waals surface area contributed by atoms with Crippen molar-refractivity contribution in [2.45, 2.75) is 6.92 Å². The number of rotatable bonds is 3. The number of benzene rings is 1. The summed E-state index contributed by atoms with van der Waals surface area (Å²) in [5.74, 6) is -0.212. The van der Waals surface area contributed by atoms with Gasteiger partial charge in [0, 0.05) is 36.8 Å². The maximum Gasteiger partial charge on any atom is 0.339 e. The number of hydrogen-bond donors (Lipinski definition) is 1. The van der Waals surface area contributed by atoms with E-state index in [0.717, 1.165) is 27.9 Å². The summed E-state index contributed by atoms with van der Waals surface area (Å²) in [6.07, 6.45) is 1.39. The van der Waals surface area contributed by atoms with E-state index in [1.165, 1.54) is 6.20 Å². The van der Waals surface area contributed by atoms with Crippen LogP contribution in [-0.2, 0) is 14.1 Å². The van der Waals surface area contributed by atoms with Crippen molar-refractivity contribution in [1.29, 1.82) is 0 Å². The first-order chi connectivity index (χ1) is 10.5. The van der Waals surface area contributed by atoms with Gasteiger partial charge in [-0.05, 0) is 19.1 Å². The van der Waals surface area contributed by atoms with Crippen LogP contribution >= 0.6 is 0 Å². The molecule has 0 aliphatic rings. The van der Waals surface area contributed by atoms with E-state index in [0.29, 0.717) is 5.69 Å². The van der Waals surface area contributed by atoms with E-state index in [9.17, 15) is 9.90 Å². The zero-order valence-corrected chi connectivity index (χ0v) is 12.9. The number of aromatic carboxylic acids is 1. The molecule has 22 heavy (non-hydrogen) atoms. The SMILES string of the molecule is COc1ccc2c(-c3c(C(=O)O)cnn3C)c(C)n(C)c2c1. The monoisotopic (exact) mass is 299 g/mol. The number of aryl methyl sites for hydroxylation is 2. The standard InChI is InChI=1S/C16H17N3O3/c1-9-14(15-12(16(20)21)8-17-19(15)3)11-6-5-10(22-4)7-13(11)18(9)2/h5-8H,1-4H3,(H,20,21). The predicted molar refractivity (Wildman–Crippen MR) is 83.4 cm³/mol. The van der Waals surface area contributed by atoms with Crippen molar-refractivity contribution in [2.75, 3.05) is 7.11 Å². The fourth-order valence-electron chi connectivity index (χ4n) is 2.86. The van der Waals surface area contributed by atoms with Crippen LogP contribution in [-0.4, -0.2) is 32.5 Å². The first-order valence-corrected chi connectivity index (χ1v) is 6.84. The van der Waals surface area contributed by atoms with E-state index >= 15 is 0 Å². The molecule has 1 N–H and O–H groups in total. The van der Waals surface area contributed by atoms with Gasteiger partial charge in [-0.15, -0.1) is 0 Å². The van der Waals surface area contributed by atoms with Gasteiger partial charge in [0.05, 0.1) is 24.5 Å². The normalized spacial score (nSPS) is 11.1. The van der Waals surface area contributed by atoms with Gasteiger partial charge in [-0.2, -0.15) is 5.10 Å². The average molecular weight is 299 g/mol. The molecule has 0 atom stereocenters. The Bertz CT molecular complexity index is 890. The highest BCUT2D eigenvalue weighted by atomic mass is 16.5. The van der Waals surface area contributed by atoms with E-state index in [4.69, 9.17) is 4.74 Å². The van der Waals surface area contributed by atoms with Crippen LogP contribution in [0.1, 0.15) is 16.1 Å². The number of carboxylic acids is 1. The second-order valence-electron chi connectivity index (χ2n) is 5.24. The lowest BCUT2D eigenvalue weighted by Crippen LogP contribution is -2.02. The number of aromatic nitrogens is 3. The van der Waals surface area contributed by atoms with Crippen molar-refractivity contribution in [2.24, 2.45) is 14.1 Å². The lowest BCUT2D eigenvalue weighted by Gasteiger charge is -2.05. The number of carbonyl (C=O) groups is 1. The summed E-state index contributed by atoms with van der Waals surface area (Å²) in [5, 5.41) is 14.5. The molecular weight excluding hydrogens is 282 g/mol. The fourth-order valence-corrected chi connectivity index (χ4v) is 2.86. The lowest BCUT2D eigenvalue weighted by molar-refractivity contribution is 0.0697. The van der Waals surface area contributed by atoms with Crippen LogP contribution in [0.2, 0.25) is 0 Å². The van der Waals surface area contributed by atoms with Crippen LogP contribution in [0.25, 0.3) is 22.2 Å². The molecule has 1 aromatic carbocycles. The summed E-state index contributed by atoms with van der Waals surface area (Å²) in [5.41, 5.74) is 3.67. The molecule has 0 spiro atoms. The van der Waals surface area contributed by atoms with Crippen LogP contribution in [0.4, 0.5) is 0 Å². The third kappa shape index (κ3) is 1.88. The molecule has 3 aromatic rings. The summed E-state index contributed by atoms with van der Waals surface area (Å²) >= 11 is 0. The van der Waals surface area contributed by atoms with Gasteiger partial charge >= 0.3 is 5.97 Å². The van der Waals surface area contributed by atoms with Crippen molar-refractivity contribution in [1.82, 2.24) is 14.3 Å². The van der Waals surface area contributed by atoms with Crippen molar-refractivity contribution >= 4 is 16.9 Å². The lowest BCUT2D eigenvalue weighted by atomic mass is 10.0. The summed E-state index contributed by atoms with van der Waals surface area (Å²) in [7, 11) is 5.34. The number of fused-ring (bicyclic) bond motifs is 1. The molecular formula is C16H17N3O3. The minimum atomic E-state index is -0.979. The number of hydrogen-bond acceptors (Lipinski definition) is 3. The minimum Gasteiger partial charge on any atom is -0.497 e. The molecule has 6 heteroatoms. The molecule has 0 amide bonds. The van der Waals surface area contributed by atoms with E-state index in [1.54, 1.807) is 18.8 Å². The zero-order chi connectivity index (χ0) is 16.0. The Morgan fingerprint density at radius 1 is 1.32 bits per heavy atom. The maximum absolute atomic E-state index is 11.5. The number of carboxylic acid groups (broad SMARTS) is 1. The van der Waals surface area contributed by atoms with Crippen molar-refractivity contribution in [3.8, 4) is 17.0 Å². The van der Waals surface area contributed by atoms with Gasteiger partial charge in [0.1, 0.15) is 11.3 Å². The smallest absolute Gasteiger partial charge is 0.339 e. The van der Waals surface area contributed by atoms with Gasteiger partial charge in [-0.25, -0.2) is 4.79 Å². The maximum atomic E-state index is 11.5. The van der Waals surface area contributed by atoms with Gasteiger partial charge in [0.2, 0.25) is 0 Å². The Morgan fingerprint density at radius 2 is 2.05 bits per heavy atom. The van der Waals surface area contributed by atoms with E-state index in [1.807, 2.05) is 36.7 Å². The summed E-state index contributed by atoms with van der Waals surface area (Å²) in [4.78, 5) is 11.5. The van der Waals surface area contributed by atoms with Crippen molar-refractivity contribution in [3.63, 3.8) is 0 Å². The molecule has 0 radical (unpaired) electrons. The van der Waals surface area contributed by atoms with Crippen LogP contribution < -0.4 is 4.74 Å². The molecule has 0 bridgehead atoms. The second-order valence-corrected chi connectivity index (χ2v) is 5.24. The summed E-state index contributed by atoms with van der Waals surface area (Å²) in [6, 6.07) is 5.78. The predicted octanol–water partition coefficient (Wildman–Crippen LogP) is 2.59. The highest BCUT2D eigenvalue weighted by Gasteiger charge is 2.23. The Balaban J connectivity index is 2.40. The van der Waals surface area contributed by atoms with Gasteiger partial charge in [-0.1, -0.05) is 0 Å². The van der Waals surface area contributed by atoms with Gasteiger partial charge in [-0.3, -0.25) is 4.68 Å². The summed E-state index contributed by atoms with van der Waals surface area (Å²) < 4.78 is 8.92. The summed E-state index contributed by atoms with van der Waals surface area (Å²) in [6.45, 7) is 1.97. The average Bonchev–Trinajstić information content (AvgIpc) is 2.98. The molecule has 0 fully saturated rings. The van der Waals surface area contributed by atoms with Gasteiger partial charge in [0.15, 0.2) is 0 Å². The zero-order valence-electron chi connectivity index (χ0n) is 12.9. The Kier molecular flexibility index (Phi) is 3.16. The van der Waals surface area contributed by atoms with E-state index in [2.05, 4.69) is 5.10 Å². The molecule has 6 nitrogen and oxygen atoms in total. The quantitative estimate of drug-likeness (QED) is 0.807. The molecule has 114 valence electrons. The van der Waals surface area contributed by atoms with Gasteiger partial charge < -0.3 is 14.4 Å². The molecule has 3 rings (SSSR count). The largest absolute Gasteiger partial charge is 0.497 e. The third-order valence-corrected chi connectivity index (χ3v) is 4.11. The van der Waals surface area contributed by atoms with Crippen LogP contribution in [0.5, 0.6) is 5.75 Å². The van der Waals surface area contributed by atoms with E-state index < -0.39 is 5.97 Å². The number of nitrogens with zero attached hydrogens (tertiary/aromatic N) is 3. The Hall–Kier alpha value is -2.76. The minimum absolute atomic E-state index is 0.203. The first-order valence-electron chi connectivity index (χ1n) is 6.84. The van der Waals surface area contributed by atoms with E-state index in [-0.39, 0.29) is 5.56 Å².